The minimum Gasteiger partial charge on any atom is -0.487 e. The summed E-state index contributed by atoms with van der Waals surface area (Å²) in [5.41, 5.74) is 7.14. The molecule has 0 saturated carbocycles. The van der Waals surface area contributed by atoms with E-state index in [-0.39, 0.29) is 5.91 Å². The molecule has 0 spiro atoms. The normalized spacial score (nSPS) is 10.0. The number of halogens is 1. The fourth-order valence-corrected chi connectivity index (χ4v) is 1.90. The Morgan fingerprint density at radius 2 is 1.95 bits per heavy atom. The van der Waals surface area contributed by atoms with Gasteiger partial charge in [0.15, 0.2) is 0 Å². The SMILES string of the molecule is CCC(=O)NNc1ccc(OCc2ccccc2)c(Cl)c1. The molecule has 110 valence electrons. The zero-order valence-electron chi connectivity index (χ0n) is 11.7. The van der Waals surface area contributed by atoms with Gasteiger partial charge in [0, 0.05) is 6.42 Å². The average Bonchev–Trinajstić information content (AvgIpc) is 2.52. The third-order valence-corrected chi connectivity index (χ3v) is 3.13. The highest BCUT2D eigenvalue weighted by molar-refractivity contribution is 6.32. The molecule has 0 aromatic heterocycles. The molecular formula is C16H17ClN2O2. The molecule has 1 amide bonds. The van der Waals surface area contributed by atoms with Crippen molar-refractivity contribution in [2.45, 2.75) is 20.0 Å². The number of nitrogens with one attached hydrogen (secondary N) is 2. The molecule has 2 N–H and O–H groups in total. The Balaban J connectivity index is 1.94. The van der Waals surface area contributed by atoms with E-state index in [1.807, 2.05) is 30.3 Å². The molecule has 2 rings (SSSR count). The first kappa shape index (κ1) is 15.2. The molecule has 5 heteroatoms. The van der Waals surface area contributed by atoms with Gasteiger partial charge < -0.3 is 4.74 Å². The molecule has 2 aromatic carbocycles. The van der Waals surface area contributed by atoms with Crippen molar-refractivity contribution in [2.24, 2.45) is 0 Å². The first-order chi connectivity index (χ1) is 10.2. The summed E-state index contributed by atoms with van der Waals surface area (Å²) >= 11 is 6.17. The second kappa shape index (κ2) is 7.55. The Morgan fingerprint density at radius 3 is 2.62 bits per heavy atom. The van der Waals surface area contributed by atoms with Crippen LogP contribution in [-0.2, 0) is 11.4 Å². The number of hydrogen-bond donors (Lipinski definition) is 2. The van der Waals surface area contributed by atoms with Gasteiger partial charge in [-0.05, 0) is 23.8 Å². The molecule has 0 unspecified atom stereocenters. The number of hydrazine groups is 1. The molecule has 0 fully saturated rings. The van der Waals surface area contributed by atoms with Gasteiger partial charge in [-0.3, -0.25) is 15.6 Å². The number of anilines is 1. The zero-order valence-corrected chi connectivity index (χ0v) is 12.5. The van der Waals surface area contributed by atoms with Gasteiger partial charge in [0.05, 0.1) is 10.7 Å². The quantitative estimate of drug-likeness (QED) is 0.799. The molecule has 0 aliphatic carbocycles. The van der Waals surface area contributed by atoms with Crippen LogP contribution in [0.4, 0.5) is 5.69 Å². The van der Waals surface area contributed by atoms with Crippen LogP contribution in [0.15, 0.2) is 48.5 Å². The highest BCUT2D eigenvalue weighted by Gasteiger charge is 2.04. The van der Waals surface area contributed by atoms with Crippen LogP contribution in [0, 0.1) is 0 Å². The Morgan fingerprint density at radius 1 is 1.19 bits per heavy atom. The highest BCUT2D eigenvalue weighted by atomic mass is 35.5. The van der Waals surface area contributed by atoms with E-state index < -0.39 is 0 Å². The number of rotatable bonds is 6. The van der Waals surface area contributed by atoms with Gasteiger partial charge in [-0.1, -0.05) is 48.9 Å². The molecule has 0 atom stereocenters. The van der Waals surface area contributed by atoms with E-state index in [1.54, 1.807) is 25.1 Å². The summed E-state index contributed by atoms with van der Waals surface area (Å²) in [7, 11) is 0. The minimum absolute atomic E-state index is 0.0875. The van der Waals surface area contributed by atoms with Gasteiger partial charge in [0.2, 0.25) is 5.91 Å². The minimum atomic E-state index is -0.0875. The van der Waals surface area contributed by atoms with Crippen molar-refractivity contribution in [3.05, 3.63) is 59.1 Å². The lowest BCUT2D eigenvalue weighted by molar-refractivity contribution is -0.120. The molecule has 0 aliphatic heterocycles. The lowest BCUT2D eigenvalue weighted by Gasteiger charge is -2.11. The van der Waals surface area contributed by atoms with Crippen molar-refractivity contribution in [1.29, 1.82) is 0 Å². The summed E-state index contributed by atoms with van der Waals surface area (Å²) in [6.45, 7) is 2.24. The summed E-state index contributed by atoms with van der Waals surface area (Å²) in [6, 6.07) is 15.1. The summed E-state index contributed by atoms with van der Waals surface area (Å²) in [4.78, 5) is 11.2. The molecular weight excluding hydrogens is 288 g/mol. The number of benzene rings is 2. The zero-order chi connectivity index (χ0) is 15.1. The van der Waals surface area contributed by atoms with E-state index in [0.29, 0.717) is 29.5 Å². The van der Waals surface area contributed by atoms with Crippen LogP contribution in [0.5, 0.6) is 5.75 Å². The Kier molecular flexibility index (Phi) is 5.46. The molecule has 2 aromatic rings. The molecule has 4 nitrogen and oxygen atoms in total. The maximum absolute atomic E-state index is 11.2. The van der Waals surface area contributed by atoms with Gasteiger partial charge in [-0.15, -0.1) is 0 Å². The Labute approximate surface area is 129 Å². The first-order valence-electron chi connectivity index (χ1n) is 6.70. The molecule has 0 bridgehead atoms. The monoisotopic (exact) mass is 304 g/mol. The second-order valence-electron chi connectivity index (χ2n) is 4.45. The van der Waals surface area contributed by atoms with E-state index in [1.165, 1.54) is 0 Å². The number of carbonyl (C=O) groups is 1. The first-order valence-corrected chi connectivity index (χ1v) is 7.08. The topological polar surface area (TPSA) is 50.4 Å². The van der Waals surface area contributed by atoms with Crippen LogP contribution < -0.4 is 15.6 Å². The molecule has 0 radical (unpaired) electrons. The lowest BCUT2D eigenvalue weighted by atomic mass is 10.2. The largest absolute Gasteiger partial charge is 0.487 e. The molecule has 0 heterocycles. The maximum atomic E-state index is 11.2. The molecule has 0 aliphatic rings. The lowest BCUT2D eigenvalue weighted by Crippen LogP contribution is -2.28. The predicted octanol–water partition coefficient (Wildman–Crippen LogP) is 3.77. The van der Waals surface area contributed by atoms with E-state index in [2.05, 4.69) is 10.9 Å². The van der Waals surface area contributed by atoms with E-state index in [9.17, 15) is 4.79 Å². The van der Waals surface area contributed by atoms with Crippen molar-refractivity contribution in [2.75, 3.05) is 5.43 Å². The summed E-state index contributed by atoms with van der Waals surface area (Å²) < 4.78 is 5.68. The van der Waals surface area contributed by atoms with Crippen molar-refractivity contribution in [1.82, 2.24) is 5.43 Å². The van der Waals surface area contributed by atoms with Crippen LogP contribution in [0.1, 0.15) is 18.9 Å². The summed E-state index contributed by atoms with van der Waals surface area (Å²) in [5.74, 6) is 0.517. The Hall–Kier alpha value is -2.20. The Bertz CT molecular complexity index is 602. The van der Waals surface area contributed by atoms with Gasteiger partial charge in [0.1, 0.15) is 12.4 Å². The fourth-order valence-electron chi connectivity index (χ4n) is 1.66. The van der Waals surface area contributed by atoms with Gasteiger partial charge in [-0.25, -0.2) is 0 Å². The average molecular weight is 305 g/mol. The van der Waals surface area contributed by atoms with Crippen LogP contribution in [0.2, 0.25) is 5.02 Å². The van der Waals surface area contributed by atoms with Crippen LogP contribution in [0.3, 0.4) is 0 Å². The van der Waals surface area contributed by atoms with Crippen molar-refractivity contribution in [3.63, 3.8) is 0 Å². The molecule has 21 heavy (non-hydrogen) atoms. The summed E-state index contributed by atoms with van der Waals surface area (Å²) in [6.07, 6.45) is 0.416. The third kappa shape index (κ3) is 4.68. The van der Waals surface area contributed by atoms with E-state index in [4.69, 9.17) is 16.3 Å². The fraction of sp³-hybridized carbons (Fsp3) is 0.188. The maximum Gasteiger partial charge on any atom is 0.238 e. The second-order valence-corrected chi connectivity index (χ2v) is 4.85. The van der Waals surface area contributed by atoms with Crippen molar-refractivity contribution in [3.8, 4) is 5.75 Å². The number of amides is 1. The molecule has 0 saturated heterocycles. The van der Waals surface area contributed by atoms with Gasteiger partial charge in [0.25, 0.3) is 0 Å². The van der Waals surface area contributed by atoms with Gasteiger partial charge in [-0.2, -0.15) is 0 Å². The standard InChI is InChI=1S/C16H17ClN2O2/c1-2-16(20)19-18-13-8-9-15(14(17)10-13)21-11-12-6-4-3-5-7-12/h3-10,18H,2,11H2,1H3,(H,19,20). The van der Waals surface area contributed by atoms with E-state index in [0.717, 1.165) is 5.56 Å². The number of ether oxygens (including phenoxy) is 1. The van der Waals surface area contributed by atoms with E-state index >= 15 is 0 Å². The van der Waals surface area contributed by atoms with Crippen LogP contribution >= 0.6 is 11.6 Å². The van der Waals surface area contributed by atoms with Gasteiger partial charge >= 0.3 is 0 Å². The smallest absolute Gasteiger partial charge is 0.238 e. The van der Waals surface area contributed by atoms with Crippen LogP contribution in [0.25, 0.3) is 0 Å². The van der Waals surface area contributed by atoms with Crippen molar-refractivity contribution >= 4 is 23.2 Å². The number of hydrogen-bond acceptors (Lipinski definition) is 3. The summed E-state index contributed by atoms with van der Waals surface area (Å²) in [5, 5.41) is 0.488. The van der Waals surface area contributed by atoms with Crippen LogP contribution in [-0.4, -0.2) is 5.91 Å². The predicted molar refractivity (Wildman–Crippen MR) is 84.3 cm³/mol. The van der Waals surface area contributed by atoms with Crippen molar-refractivity contribution < 1.29 is 9.53 Å². The third-order valence-electron chi connectivity index (χ3n) is 2.84. The number of carbonyl (C=O) groups excluding carboxylic acids is 1. The highest BCUT2D eigenvalue weighted by Crippen LogP contribution is 2.28.